The minimum atomic E-state index is -0.345. The van der Waals surface area contributed by atoms with Crippen LogP contribution in [-0.4, -0.2) is 45.2 Å². The van der Waals surface area contributed by atoms with Crippen molar-refractivity contribution in [2.45, 2.75) is 44.3 Å². The van der Waals surface area contributed by atoms with Gasteiger partial charge in [-0.05, 0) is 50.3 Å². The van der Waals surface area contributed by atoms with E-state index in [1.54, 1.807) is 16.9 Å². The number of ether oxygens (including phenoxy) is 1. The monoisotopic (exact) mass is 426 g/mol. The summed E-state index contributed by atoms with van der Waals surface area (Å²) in [5, 5.41) is 16.7. The van der Waals surface area contributed by atoms with Gasteiger partial charge < -0.3 is 15.0 Å². The summed E-state index contributed by atoms with van der Waals surface area (Å²) >= 11 is 0. The summed E-state index contributed by atoms with van der Waals surface area (Å²) < 4.78 is 7.37. The molecule has 3 aliphatic rings. The maximum absolute atomic E-state index is 11.5. The molecule has 0 spiro atoms. The smallest absolute Gasteiger partial charge is 0.295 e. The zero-order valence-corrected chi connectivity index (χ0v) is 17.7. The van der Waals surface area contributed by atoms with Gasteiger partial charge in [-0.1, -0.05) is 0 Å². The Bertz CT molecular complexity index is 1250. The van der Waals surface area contributed by atoms with Crippen LogP contribution in [0.3, 0.4) is 0 Å². The van der Waals surface area contributed by atoms with E-state index in [1.165, 1.54) is 0 Å². The molecule has 1 aliphatic carbocycles. The molecule has 8 heteroatoms. The number of carbonyl (C=O) groups excluding carboxylic acids is 1. The van der Waals surface area contributed by atoms with E-state index in [-0.39, 0.29) is 11.9 Å². The van der Waals surface area contributed by atoms with Crippen LogP contribution in [0.2, 0.25) is 0 Å². The Morgan fingerprint density at radius 1 is 1.31 bits per heavy atom. The quantitative estimate of drug-likeness (QED) is 0.630. The maximum Gasteiger partial charge on any atom is 0.295 e. The van der Waals surface area contributed by atoms with Gasteiger partial charge >= 0.3 is 0 Å². The number of anilines is 1. The molecule has 6 rings (SSSR count). The average Bonchev–Trinajstić information content (AvgIpc) is 3.22. The van der Waals surface area contributed by atoms with Crippen molar-refractivity contribution in [3.63, 3.8) is 0 Å². The molecular formula is C24H22N6O2. The van der Waals surface area contributed by atoms with Gasteiger partial charge in [0.15, 0.2) is 0 Å². The lowest BCUT2D eigenvalue weighted by Crippen LogP contribution is -2.65. The van der Waals surface area contributed by atoms with E-state index in [9.17, 15) is 10.1 Å². The lowest BCUT2D eigenvalue weighted by atomic mass is 9.76. The molecule has 2 saturated heterocycles. The zero-order valence-electron chi connectivity index (χ0n) is 17.7. The number of carbonyl (C=O) groups is 1. The molecule has 2 unspecified atom stereocenters. The normalized spacial score (nSPS) is 21.3. The molecule has 1 saturated carbocycles. The number of fused-ring (bicyclic) bond motifs is 3. The van der Waals surface area contributed by atoms with Gasteiger partial charge in [-0.15, -0.1) is 6.42 Å². The molecule has 3 aromatic heterocycles. The molecule has 0 radical (unpaired) electrons. The number of nitriles is 1. The number of hydrogen-bond acceptors (Lipinski definition) is 6. The first kappa shape index (κ1) is 19.9. The molecule has 3 aromatic rings. The lowest BCUT2D eigenvalue weighted by Gasteiger charge is -2.56. The third-order valence-electron chi connectivity index (χ3n) is 6.25. The number of rotatable bonds is 5. The standard InChI is InChI=1S/C24H22N6O2/c1-3-23(31)28-17-7-18-9-19(8-17)30(18)22-6-5-15(12-26-22)21-10-20(32-4-2)14-29-24(21)16(11-25)13-27-29/h1,5-6,10,12-14,17-19H,4,7-9H2,2H3,(H,28,31). The van der Waals surface area contributed by atoms with Crippen LogP contribution in [-0.2, 0) is 4.79 Å². The fourth-order valence-corrected chi connectivity index (χ4v) is 4.94. The lowest BCUT2D eigenvalue weighted by molar-refractivity contribution is -0.116. The molecule has 3 fully saturated rings. The number of pyridine rings is 2. The zero-order chi connectivity index (χ0) is 22.2. The fourth-order valence-electron chi connectivity index (χ4n) is 4.94. The Kier molecular flexibility index (Phi) is 4.91. The van der Waals surface area contributed by atoms with Gasteiger partial charge in [0.1, 0.15) is 17.6 Å². The molecule has 5 heterocycles. The summed E-state index contributed by atoms with van der Waals surface area (Å²) in [6.45, 7) is 2.46. The Hall–Kier alpha value is -4.04. The van der Waals surface area contributed by atoms with Gasteiger partial charge in [0.05, 0.1) is 30.1 Å². The molecule has 2 aliphatic heterocycles. The molecule has 8 nitrogen and oxygen atoms in total. The predicted molar refractivity (Wildman–Crippen MR) is 119 cm³/mol. The van der Waals surface area contributed by atoms with E-state index < -0.39 is 0 Å². The van der Waals surface area contributed by atoms with Crippen LogP contribution in [0.1, 0.15) is 31.7 Å². The third kappa shape index (κ3) is 3.30. The first-order chi connectivity index (χ1) is 15.6. The van der Waals surface area contributed by atoms with Crippen molar-refractivity contribution >= 4 is 17.2 Å². The first-order valence-corrected chi connectivity index (χ1v) is 10.7. The molecular weight excluding hydrogens is 404 g/mol. The van der Waals surface area contributed by atoms with Crippen molar-refractivity contribution in [3.05, 3.63) is 42.4 Å². The first-order valence-electron chi connectivity index (χ1n) is 10.7. The third-order valence-corrected chi connectivity index (χ3v) is 6.25. The topological polar surface area (TPSA) is 95.5 Å². The van der Waals surface area contributed by atoms with Crippen LogP contribution in [0.5, 0.6) is 5.75 Å². The average molecular weight is 426 g/mol. The van der Waals surface area contributed by atoms with Gasteiger partial charge in [0.2, 0.25) is 0 Å². The van der Waals surface area contributed by atoms with E-state index in [1.807, 2.05) is 31.3 Å². The van der Waals surface area contributed by atoms with Gasteiger partial charge in [-0.2, -0.15) is 10.4 Å². The number of nitrogens with zero attached hydrogens (tertiary/aromatic N) is 5. The van der Waals surface area contributed by atoms with Gasteiger partial charge in [-0.3, -0.25) is 4.79 Å². The second-order valence-corrected chi connectivity index (χ2v) is 8.13. The fraction of sp³-hybridized carbons (Fsp3) is 0.333. The van der Waals surface area contributed by atoms with E-state index in [4.69, 9.17) is 16.1 Å². The van der Waals surface area contributed by atoms with Gasteiger partial charge in [0.25, 0.3) is 5.91 Å². The second kappa shape index (κ2) is 7.90. The molecule has 160 valence electrons. The maximum atomic E-state index is 11.5. The van der Waals surface area contributed by atoms with Crippen molar-refractivity contribution < 1.29 is 9.53 Å². The summed E-state index contributed by atoms with van der Waals surface area (Å²) in [4.78, 5) is 18.6. The van der Waals surface area contributed by atoms with Crippen LogP contribution in [0.25, 0.3) is 16.6 Å². The van der Waals surface area contributed by atoms with Crippen molar-refractivity contribution in [2.75, 3.05) is 11.5 Å². The second-order valence-electron chi connectivity index (χ2n) is 8.13. The minimum absolute atomic E-state index is 0.124. The number of piperidine rings is 1. The highest BCUT2D eigenvalue weighted by molar-refractivity contribution is 5.93. The highest BCUT2D eigenvalue weighted by Gasteiger charge is 2.46. The number of terminal acetylenes is 1. The van der Waals surface area contributed by atoms with Crippen LogP contribution in [0.15, 0.2) is 36.8 Å². The summed E-state index contributed by atoms with van der Waals surface area (Å²) in [5.74, 6) is 3.38. The highest BCUT2D eigenvalue weighted by atomic mass is 16.5. The number of aromatic nitrogens is 3. The Balaban J connectivity index is 1.41. The van der Waals surface area contributed by atoms with Crippen LogP contribution in [0.4, 0.5) is 5.82 Å². The minimum Gasteiger partial charge on any atom is -0.492 e. The summed E-state index contributed by atoms with van der Waals surface area (Å²) in [5.41, 5.74) is 2.98. The van der Waals surface area contributed by atoms with Gasteiger partial charge in [0, 0.05) is 35.4 Å². The van der Waals surface area contributed by atoms with Crippen LogP contribution < -0.4 is 15.0 Å². The SMILES string of the molecule is C#CC(=O)NC1CC2CC(C1)N2c1ccc(-c2cc(OCC)cn3ncc(C#N)c23)cn1. The Morgan fingerprint density at radius 3 is 2.78 bits per heavy atom. The van der Waals surface area contributed by atoms with Crippen LogP contribution in [0, 0.1) is 23.7 Å². The van der Waals surface area contributed by atoms with E-state index in [0.717, 1.165) is 41.7 Å². The van der Waals surface area contributed by atoms with Crippen molar-refractivity contribution in [1.29, 1.82) is 5.26 Å². The predicted octanol–water partition coefficient (Wildman–Crippen LogP) is 2.53. The van der Waals surface area contributed by atoms with Crippen molar-refractivity contribution in [2.24, 2.45) is 0 Å². The molecule has 1 amide bonds. The van der Waals surface area contributed by atoms with Gasteiger partial charge in [-0.25, -0.2) is 9.50 Å². The molecule has 2 atom stereocenters. The van der Waals surface area contributed by atoms with E-state index >= 15 is 0 Å². The Labute approximate surface area is 185 Å². The highest BCUT2D eigenvalue weighted by Crippen LogP contribution is 2.41. The summed E-state index contributed by atoms with van der Waals surface area (Å²) in [6.07, 6.45) is 13.2. The molecule has 32 heavy (non-hydrogen) atoms. The van der Waals surface area contributed by atoms with E-state index in [2.05, 4.69) is 27.3 Å². The molecule has 2 bridgehead atoms. The van der Waals surface area contributed by atoms with Crippen LogP contribution >= 0.6 is 0 Å². The van der Waals surface area contributed by atoms with Crippen molar-refractivity contribution in [1.82, 2.24) is 19.9 Å². The number of amides is 1. The summed E-state index contributed by atoms with van der Waals surface area (Å²) in [7, 11) is 0. The summed E-state index contributed by atoms with van der Waals surface area (Å²) in [6, 6.07) is 9.00. The Morgan fingerprint density at radius 2 is 2.12 bits per heavy atom. The largest absolute Gasteiger partial charge is 0.492 e. The number of nitrogens with one attached hydrogen (secondary N) is 1. The molecule has 1 N–H and O–H groups in total. The molecule has 0 aromatic carbocycles. The van der Waals surface area contributed by atoms with E-state index in [0.29, 0.717) is 30.0 Å². The van der Waals surface area contributed by atoms with Crippen molar-refractivity contribution in [3.8, 4) is 35.3 Å². The number of hydrogen-bond donors (Lipinski definition) is 1.